The van der Waals surface area contributed by atoms with Crippen LogP contribution in [-0.2, 0) is 4.74 Å². The molecule has 0 aromatic heterocycles. The number of hydrogen-bond acceptors (Lipinski definition) is 2. The molecule has 0 N–H and O–H groups in total. The first-order chi connectivity index (χ1) is 9.86. The second kappa shape index (κ2) is 5.76. The molecule has 3 aromatic carbocycles. The van der Waals surface area contributed by atoms with E-state index in [1.54, 1.807) is 7.11 Å². The van der Waals surface area contributed by atoms with Crippen LogP contribution in [0.3, 0.4) is 0 Å². The van der Waals surface area contributed by atoms with Gasteiger partial charge in [0, 0.05) is 12.7 Å². The third kappa shape index (κ3) is 2.65. The van der Waals surface area contributed by atoms with Gasteiger partial charge in [-0.3, -0.25) is 0 Å². The topological polar surface area (TPSA) is 18.5 Å². The van der Waals surface area contributed by atoms with Gasteiger partial charge >= 0.3 is 0 Å². The van der Waals surface area contributed by atoms with Crippen molar-refractivity contribution in [3.8, 4) is 5.75 Å². The molecule has 2 heteroatoms. The standard InChI is InChI=1S/C18H16O2/c1-19-18(15-8-3-2-4-9-15)20-17-12-11-14-7-5-6-10-16(14)13-17/h2-13,18H,1H3. The van der Waals surface area contributed by atoms with Gasteiger partial charge in [0.1, 0.15) is 5.75 Å². The number of methoxy groups -OCH3 is 1. The predicted molar refractivity (Wildman–Crippen MR) is 80.8 cm³/mol. The summed E-state index contributed by atoms with van der Waals surface area (Å²) in [7, 11) is 1.65. The number of fused-ring (bicyclic) bond motifs is 1. The summed E-state index contributed by atoms with van der Waals surface area (Å²) < 4.78 is 11.4. The maximum absolute atomic E-state index is 5.94. The number of benzene rings is 3. The average Bonchev–Trinajstić information content (AvgIpc) is 2.53. The summed E-state index contributed by atoms with van der Waals surface area (Å²) in [4.78, 5) is 0. The molecule has 1 atom stereocenters. The second-order valence-electron chi connectivity index (χ2n) is 4.61. The zero-order valence-electron chi connectivity index (χ0n) is 11.3. The first-order valence-corrected chi connectivity index (χ1v) is 6.60. The number of hydrogen-bond donors (Lipinski definition) is 0. The molecular weight excluding hydrogens is 248 g/mol. The van der Waals surface area contributed by atoms with Crippen LogP contribution in [-0.4, -0.2) is 7.11 Å². The molecule has 100 valence electrons. The molecule has 3 rings (SSSR count). The van der Waals surface area contributed by atoms with Crippen molar-refractivity contribution >= 4 is 10.8 Å². The molecule has 0 bridgehead atoms. The lowest BCUT2D eigenvalue weighted by Gasteiger charge is -2.18. The fourth-order valence-electron chi connectivity index (χ4n) is 2.23. The summed E-state index contributed by atoms with van der Waals surface area (Å²) >= 11 is 0. The van der Waals surface area contributed by atoms with E-state index in [0.29, 0.717) is 0 Å². The Morgan fingerprint density at radius 1 is 0.750 bits per heavy atom. The Kier molecular flexibility index (Phi) is 3.66. The van der Waals surface area contributed by atoms with Gasteiger partial charge in [0.2, 0.25) is 6.29 Å². The van der Waals surface area contributed by atoms with Gasteiger partial charge < -0.3 is 9.47 Å². The van der Waals surface area contributed by atoms with Gasteiger partial charge in [-0.15, -0.1) is 0 Å². The minimum Gasteiger partial charge on any atom is -0.461 e. The lowest BCUT2D eigenvalue weighted by Crippen LogP contribution is -2.09. The minimum absolute atomic E-state index is 0.391. The van der Waals surface area contributed by atoms with E-state index in [2.05, 4.69) is 18.2 Å². The Morgan fingerprint density at radius 2 is 1.45 bits per heavy atom. The zero-order chi connectivity index (χ0) is 13.8. The predicted octanol–water partition coefficient (Wildman–Crippen LogP) is 4.56. The van der Waals surface area contributed by atoms with Crippen LogP contribution in [0.15, 0.2) is 72.8 Å². The highest BCUT2D eigenvalue weighted by atomic mass is 16.7. The Morgan fingerprint density at radius 3 is 2.20 bits per heavy atom. The van der Waals surface area contributed by atoms with Crippen LogP contribution in [0.2, 0.25) is 0 Å². The molecule has 3 aromatic rings. The summed E-state index contributed by atoms with van der Waals surface area (Å²) in [6, 6.07) is 24.2. The quantitative estimate of drug-likeness (QED) is 0.643. The highest BCUT2D eigenvalue weighted by Gasteiger charge is 2.11. The van der Waals surface area contributed by atoms with E-state index in [-0.39, 0.29) is 0 Å². The van der Waals surface area contributed by atoms with Crippen LogP contribution < -0.4 is 4.74 Å². The monoisotopic (exact) mass is 264 g/mol. The lowest BCUT2D eigenvalue weighted by molar-refractivity contribution is -0.0561. The van der Waals surface area contributed by atoms with Gasteiger partial charge in [0.25, 0.3) is 0 Å². The third-order valence-electron chi connectivity index (χ3n) is 3.25. The van der Waals surface area contributed by atoms with Gasteiger partial charge in [0.05, 0.1) is 0 Å². The molecule has 0 spiro atoms. The van der Waals surface area contributed by atoms with Crippen LogP contribution in [0.25, 0.3) is 10.8 Å². The van der Waals surface area contributed by atoms with Crippen LogP contribution in [0, 0.1) is 0 Å². The molecule has 0 heterocycles. The highest BCUT2D eigenvalue weighted by molar-refractivity contribution is 5.83. The van der Waals surface area contributed by atoms with Gasteiger partial charge in [-0.25, -0.2) is 0 Å². The van der Waals surface area contributed by atoms with Crippen molar-refractivity contribution in [1.82, 2.24) is 0 Å². The van der Waals surface area contributed by atoms with Crippen molar-refractivity contribution in [3.05, 3.63) is 78.4 Å². The molecule has 0 aliphatic heterocycles. The van der Waals surface area contributed by atoms with E-state index in [1.807, 2.05) is 54.6 Å². The first kappa shape index (κ1) is 12.7. The van der Waals surface area contributed by atoms with Gasteiger partial charge in [-0.1, -0.05) is 60.7 Å². The average molecular weight is 264 g/mol. The number of ether oxygens (including phenoxy) is 2. The Bertz CT molecular complexity index is 692. The largest absolute Gasteiger partial charge is 0.461 e. The molecule has 0 saturated carbocycles. The van der Waals surface area contributed by atoms with Gasteiger partial charge in [-0.2, -0.15) is 0 Å². The summed E-state index contributed by atoms with van der Waals surface area (Å²) in [5.41, 5.74) is 1.00. The van der Waals surface area contributed by atoms with Crippen molar-refractivity contribution in [2.24, 2.45) is 0 Å². The van der Waals surface area contributed by atoms with E-state index >= 15 is 0 Å². The maximum Gasteiger partial charge on any atom is 0.226 e. The van der Waals surface area contributed by atoms with E-state index in [1.165, 1.54) is 5.39 Å². The van der Waals surface area contributed by atoms with Crippen molar-refractivity contribution in [3.63, 3.8) is 0 Å². The molecule has 0 radical (unpaired) electrons. The van der Waals surface area contributed by atoms with E-state index < -0.39 is 6.29 Å². The molecule has 0 fully saturated rings. The number of rotatable bonds is 4. The third-order valence-corrected chi connectivity index (χ3v) is 3.25. The maximum atomic E-state index is 5.94. The molecule has 20 heavy (non-hydrogen) atoms. The van der Waals surface area contributed by atoms with Crippen molar-refractivity contribution in [1.29, 1.82) is 0 Å². The first-order valence-electron chi connectivity index (χ1n) is 6.60. The van der Waals surface area contributed by atoms with E-state index in [9.17, 15) is 0 Å². The molecule has 0 aliphatic rings. The lowest BCUT2D eigenvalue weighted by atomic mass is 10.1. The van der Waals surface area contributed by atoms with Crippen molar-refractivity contribution in [2.45, 2.75) is 6.29 Å². The van der Waals surface area contributed by atoms with Crippen molar-refractivity contribution < 1.29 is 9.47 Å². The molecule has 0 saturated heterocycles. The SMILES string of the molecule is COC(Oc1ccc2ccccc2c1)c1ccccc1. The smallest absolute Gasteiger partial charge is 0.226 e. The Hall–Kier alpha value is -2.32. The van der Waals surface area contributed by atoms with Crippen LogP contribution in [0.5, 0.6) is 5.75 Å². The van der Waals surface area contributed by atoms with Gasteiger partial charge in [0.15, 0.2) is 0 Å². The normalized spacial score (nSPS) is 12.2. The van der Waals surface area contributed by atoms with Crippen LogP contribution in [0.4, 0.5) is 0 Å². The van der Waals surface area contributed by atoms with Crippen LogP contribution in [0.1, 0.15) is 11.9 Å². The molecular formula is C18H16O2. The fourth-order valence-corrected chi connectivity index (χ4v) is 2.23. The van der Waals surface area contributed by atoms with Crippen LogP contribution >= 0.6 is 0 Å². The molecule has 0 amide bonds. The van der Waals surface area contributed by atoms with Gasteiger partial charge in [-0.05, 0) is 22.9 Å². The molecule has 0 aliphatic carbocycles. The Balaban J connectivity index is 1.87. The summed E-state index contributed by atoms with van der Waals surface area (Å²) in [5.74, 6) is 0.805. The van der Waals surface area contributed by atoms with E-state index in [4.69, 9.17) is 9.47 Å². The minimum atomic E-state index is -0.391. The Labute approximate surface area is 118 Å². The second-order valence-corrected chi connectivity index (χ2v) is 4.61. The fraction of sp³-hybridized carbons (Fsp3) is 0.111. The molecule has 1 unspecified atom stereocenters. The summed E-state index contributed by atoms with van der Waals surface area (Å²) in [6.45, 7) is 0. The molecule has 2 nitrogen and oxygen atoms in total. The summed E-state index contributed by atoms with van der Waals surface area (Å²) in [5, 5.41) is 2.36. The van der Waals surface area contributed by atoms with Crippen molar-refractivity contribution in [2.75, 3.05) is 7.11 Å². The van der Waals surface area contributed by atoms with E-state index in [0.717, 1.165) is 16.7 Å². The summed E-state index contributed by atoms with van der Waals surface area (Å²) in [6.07, 6.45) is -0.391. The highest BCUT2D eigenvalue weighted by Crippen LogP contribution is 2.26. The zero-order valence-corrected chi connectivity index (χ0v) is 11.3.